The first-order chi connectivity index (χ1) is 20.8. The van der Waals surface area contributed by atoms with E-state index in [1.807, 2.05) is 26.8 Å². The summed E-state index contributed by atoms with van der Waals surface area (Å²) in [6, 6.07) is 0. The van der Waals surface area contributed by atoms with Gasteiger partial charge in [0.1, 0.15) is 24.4 Å². The number of aliphatic hydroxyl groups is 7. The Kier molecular flexibility index (Phi) is 9.38. The fourth-order valence-corrected chi connectivity index (χ4v) is 11.1. The van der Waals surface area contributed by atoms with Gasteiger partial charge in [0.15, 0.2) is 6.29 Å². The molecule has 5 aliphatic rings. The van der Waals surface area contributed by atoms with Crippen molar-refractivity contribution in [2.24, 2.45) is 39.4 Å². The Morgan fingerprint density at radius 2 is 1.64 bits per heavy atom. The average molecular weight is 637 g/mol. The highest BCUT2D eigenvalue weighted by molar-refractivity contribution is 5.36. The number of hydrogen-bond acceptors (Lipinski definition) is 9. The van der Waals surface area contributed by atoms with Gasteiger partial charge in [-0.1, -0.05) is 57.9 Å². The zero-order valence-corrected chi connectivity index (χ0v) is 28.6. The van der Waals surface area contributed by atoms with Crippen LogP contribution >= 0.6 is 0 Å². The zero-order chi connectivity index (χ0) is 33.5. The van der Waals surface area contributed by atoms with E-state index < -0.39 is 77.5 Å². The van der Waals surface area contributed by atoms with E-state index in [9.17, 15) is 35.7 Å². The summed E-state index contributed by atoms with van der Waals surface area (Å²) in [5.41, 5.74) is -0.398. The average Bonchev–Trinajstić information content (AvgIpc) is 3.35. The van der Waals surface area contributed by atoms with E-state index in [2.05, 4.69) is 40.7 Å². The van der Waals surface area contributed by atoms with Crippen LogP contribution in [0.15, 0.2) is 23.3 Å². The second kappa shape index (κ2) is 11.9. The second-order valence-corrected chi connectivity index (χ2v) is 16.9. The van der Waals surface area contributed by atoms with Crippen molar-refractivity contribution in [3.63, 3.8) is 0 Å². The van der Waals surface area contributed by atoms with E-state index in [1.54, 1.807) is 0 Å². The van der Waals surface area contributed by atoms with Crippen molar-refractivity contribution in [3.8, 4) is 0 Å². The van der Waals surface area contributed by atoms with Crippen molar-refractivity contribution in [2.45, 2.75) is 155 Å². The van der Waals surface area contributed by atoms with Crippen LogP contribution in [-0.4, -0.2) is 97.0 Å². The number of fused-ring (bicyclic) bond motifs is 5. The van der Waals surface area contributed by atoms with Crippen LogP contribution in [0.25, 0.3) is 0 Å². The third kappa shape index (κ3) is 5.23. The largest absolute Gasteiger partial charge is 0.394 e. The van der Waals surface area contributed by atoms with Crippen LogP contribution in [0, 0.1) is 39.4 Å². The Labute approximate surface area is 269 Å². The molecule has 0 radical (unpaired) electrons. The lowest BCUT2D eigenvalue weighted by Crippen LogP contribution is -2.68. The van der Waals surface area contributed by atoms with Gasteiger partial charge in [-0.25, -0.2) is 0 Å². The first-order valence-electron chi connectivity index (χ1n) is 17.2. The molecule has 0 aromatic heterocycles. The predicted molar refractivity (Wildman–Crippen MR) is 170 cm³/mol. The highest BCUT2D eigenvalue weighted by Crippen LogP contribution is 2.74. The van der Waals surface area contributed by atoms with E-state index in [4.69, 9.17) is 9.47 Å². The van der Waals surface area contributed by atoms with Gasteiger partial charge in [-0.15, -0.1) is 0 Å². The molecule has 0 unspecified atom stereocenters. The highest BCUT2D eigenvalue weighted by Gasteiger charge is 2.72. The molecule has 0 bridgehead atoms. The molecule has 5 rings (SSSR count). The molecule has 0 amide bonds. The SMILES string of the molecule is CC(C)=CCC[C@@](C)(O[C@H]1O[C@@H](CO)[C@H](O)[C@@H](O)[C@@H]1O)[C@@H]1CC[C@@]2(C)[C@H]1[C@@H](O)C[C@@H]1[C@]2(C)[C@H](O)C=C2C(C)(C)[C@H](O)CC[C@]21C. The van der Waals surface area contributed by atoms with Gasteiger partial charge in [-0.3, -0.25) is 0 Å². The minimum absolute atomic E-state index is 0.00470. The minimum atomic E-state index is -1.55. The standard InChI is InChI=1S/C36H60O9/c1-19(2)10-9-13-35(7,45-31-30(43)29(42)28(41)22(18-37)44-31)20-11-15-34(6)27(20)21(38)16-24-33(5)14-12-25(39)32(3,4)23(33)17-26(40)36(24,34)8/h10,17,20-22,24-31,37-43H,9,11-16,18H2,1-8H3/t20-,21+,22+,24+,25-,26-,27-,28+,29-,30+,31-,33-,34+,35-,36-/m1/s1. The normalized spacial score (nSPS) is 50.5. The molecule has 7 N–H and O–H groups in total. The maximum atomic E-state index is 12.2. The van der Waals surface area contributed by atoms with E-state index in [0.29, 0.717) is 25.7 Å². The number of ether oxygens (including phenoxy) is 2. The van der Waals surface area contributed by atoms with Crippen molar-refractivity contribution in [1.29, 1.82) is 0 Å². The summed E-state index contributed by atoms with van der Waals surface area (Å²) in [4.78, 5) is 0. The molecule has 0 spiro atoms. The highest BCUT2D eigenvalue weighted by atomic mass is 16.7. The van der Waals surface area contributed by atoms with E-state index in [0.717, 1.165) is 30.4 Å². The molecule has 1 saturated heterocycles. The van der Waals surface area contributed by atoms with Crippen LogP contribution < -0.4 is 0 Å². The minimum Gasteiger partial charge on any atom is -0.394 e. The Morgan fingerprint density at radius 1 is 0.978 bits per heavy atom. The molecule has 4 fully saturated rings. The van der Waals surface area contributed by atoms with Crippen molar-refractivity contribution in [3.05, 3.63) is 23.3 Å². The molecule has 3 saturated carbocycles. The van der Waals surface area contributed by atoms with Gasteiger partial charge in [-0.2, -0.15) is 0 Å². The van der Waals surface area contributed by atoms with E-state index >= 15 is 0 Å². The van der Waals surface area contributed by atoms with Gasteiger partial charge in [0.25, 0.3) is 0 Å². The summed E-state index contributed by atoms with van der Waals surface area (Å²) in [5, 5.41) is 77.0. The Balaban J connectivity index is 1.54. The molecule has 15 atom stereocenters. The number of aliphatic hydroxyl groups excluding tert-OH is 7. The quantitative estimate of drug-likeness (QED) is 0.208. The fraction of sp³-hybridized carbons (Fsp3) is 0.889. The number of allylic oxidation sites excluding steroid dienone is 2. The van der Waals surface area contributed by atoms with Gasteiger partial charge in [-0.05, 0) is 94.3 Å². The van der Waals surface area contributed by atoms with Crippen LogP contribution in [0.1, 0.15) is 100 Å². The first-order valence-corrected chi connectivity index (χ1v) is 17.2. The zero-order valence-electron chi connectivity index (χ0n) is 28.6. The fourth-order valence-electron chi connectivity index (χ4n) is 11.1. The summed E-state index contributed by atoms with van der Waals surface area (Å²) in [6.45, 7) is 16.4. The molecular formula is C36H60O9. The summed E-state index contributed by atoms with van der Waals surface area (Å²) < 4.78 is 12.5. The predicted octanol–water partition coefficient (Wildman–Crippen LogP) is 3.22. The molecule has 1 heterocycles. The Hall–Kier alpha value is -0.880. The molecule has 9 nitrogen and oxygen atoms in total. The van der Waals surface area contributed by atoms with Crippen molar-refractivity contribution >= 4 is 0 Å². The topological polar surface area (TPSA) is 160 Å². The molecule has 45 heavy (non-hydrogen) atoms. The summed E-state index contributed by atoms with van der Waals surface area (Å²) >= 11 is 0. The second-order valence-electron chi connectivity index (χ2n) is 16.9. The van der Waals surface area contributed by atoms with Gasteiger partial charge < -0.3 is 45.2 Å². The van der Waals surface area contributed by atoms with Gasteiger partial charge in [0, 0.05) is 10.8 Å². The third-order valence-corrected chi connectivity index (χ3v) is 14.0. The summed E-state index contributed by atoms with van der Waals surface area (Å²) in [6.07, 6.45) is 0.100. The molecule has 258 valence electrons. The maximum absolute atomic E-state index is 12.2. The summed E-state index contributed by atoms with van der Waals surface area (Å²) in [5.74, 6) is -0.385. The maximum Gasteiger partial charge on any atom is 0.187 e. The van der Waals surface area contributed by atoms with Crippen LogP contribution in [0.3, 0.4) is 0 Å². The lowest BCUT2D eigenvalue weighted by Gasteiger charge is -2.69. The lowest BCUT2D eigenvalue weighted by molar-refractivity contribution is -0.336. The Morgan fingerprint density at radius 3 is 2.27 bits per heavy atom. The Bertz CT molecular complexity index is 1160. The molecule has 9 heteroatoms. The summed E-state index contributed by atoms with van der Waals surface area (Å²) in [7, 11) is 0. The van der Waals surface area contributed by atoms with Gasteiger partial charge >= 0.3 is 0 Å². The smallest absolute Gasteiger partial charge is 0.187 e. The van der Waals surface area contributed by atoms with Crippen LogP contribution in [-0.2, 0) is 9.47 Å². The number of hydrogen-bond donors (Lipinski definition) is 7. The molecule has 1 aliphatic heterocycles. The third-order valence-electron chi connectivity index (χ3n) is 14.0. The molecule has 0 aromatic carbocycles. The van der Waals surface area contributed by atoms with Crippen LogP contribution in [0.2, 0.25) is 0 Å². The van der Waals surface area contributed by atoms with E-state index in [1.165, 1.54) is 0 Å². The lowest BCUT2D eigenvalue weighted by atomic mass is 9.37. The van der Waals surface area contributed by atoms with E-state index in [-0.39, 0.29) is 23.2 Å². The van der Waals surface area contributed by atoms with Crippen molar-refractivity contribution in [1.82, 2.24) is 0 Å². The molecular weight excluding hydrogens is 576 g/mol. The van der Waals surface area contributed by atoms with Crippen molar-refractivity contribution in [2.75, 3.05) is 6.61 Å². The monoisotopic (exact) mass is 636 g/mol. The molecule has 0 aromatic rings. The molecule has 4 aliphatic carbocycles. The van der Waals surface area contributed by atoms with Gasteiger partial charge in [0.2, 0.25) is 0 Å². The van der Waals surface area contributed by atoms with Crippen LogP contribution in [0.4, 0.5) is 0 Å². The van der Waals surface area contributed by atoms with Crippen LogP contribution in [0.5, 0.6) is 0 Å². The number of rotatable bonds is 7. The van der Waals surface area contributed by atoms with Gasteiger partial charge in [0.05, 0.1) is 30.5 Å². The van der Waals surface area contributed by atoms with Crippen molar-refractivity contribution < 1.29 is 45.2 Å². The first kappa shape index (κ1) is 35.4.